The van der Waals surface area contributed by atoms with Crippen LogP contribution < -0.4 is 5.73 Å². The van der Waals surface area contributed by atoms with E-state index in [-0.39, 0.29) is 11.9 Å². The molecule has 1 aliphatic rings. The maximum absolute atomic E-state index is 13.4. The van der Waals surface area contributed by atoms with Crippen molar-refractivity contribution in [3.05, 3.63) is 34.1 Å². The molecule has 1 aromatic rings. The molecule has 3 atom stereocenters. The van der Waals surface area contributed by atoms with Crippen LogP contribution >= 0.6 is 15.9 Å². The summed E-state index contributed by atoms with van der Waals surface area (Å²) in [6.45, 7) is 3.74. The molecule has 0 aliphatic carbocycles. The summed E-state index contributed by atoms with van der Waals surface area (Å²) in [7, 11) is 0. The second-order valence-corrected chi connectivity index (χ2v) is 5.88. The summed E-state index contributed by atoms with van der Waals surface area (Å²) in [6, 6.07) is 5.17. The highest BCUT2D eigenvalue weighted by atomic mass is 79.9. The van der Waals surface area contributed by atoms with E-state index in [4.69, 9.17) is 10.5 Å². The normalized spacial score (nSPS) is 26.0. The molecule has 4 heteroatoms. The van der Waals surface area contributed by atoms with Crippen LogP contribution in [0.4, 0.5) is 4.39 Å². The van der Waals surface area contributed by atoms with Crippen LogP contribution in [0, 0.1) is 17.7 Å². The smallest absolute Gasteiger partial charge is 0.137 e. The minimum absolute atomic E-state index is 0.0574. The molecule has 1 aliphatic heterocycles. The Morgan fingerprint density at radius 2 is 2.33 bits per heavy atom. The highest BCUT2D eigenvalue weighted by molar-refractivity contribution is 9.10. The molecule has 2 N–H and O–H groups in total. The molecule has 1 aromatic carbocycles. The molecule has 0 amide bonds. The lowest BCUT2D eigenvalue weighted by Gasteiger charge is -2.33. The molecular formula is C14H19BrFNO. The van der Waals surface area contributed by atoms with E-state index in [1.807, 2.05) is 6.07 Å². The number of benzene rings is 1. The summed E-state index contributed by atoms with van der Waals surface area (Å²) in [5.74, 6) is 0.703. The summed E-state index contributed by atoms with van der Waals surface area (Å²) >= 11 is 3.29. The first kappa shape index (κ1) is 14.0. The van der Waals surface area contributed by atoms with E-state index in [0.717, 1.165) is 25.2 Å². The monoisotopic (exact) mass is 315 g/mol. The first-order valence-electron chi connectivity index (χ1n) is 6.35. The summed E-state index contributed by atoms with van der Waals surface area (Å²) in [4.78, 5) is 0. The van der Waals surface area contributed by atoms with Gasteiger partial charge in [0.25, 0.3) is 0 Å². The van der Waals surface area contributed by atoms with E-state index in [1.165, 1.54) is 6.07 Å². The highest BCUT2D eigenvalue weighted by Crippen LogP contribution is 2.28. The predicted molar refractivity (Wildman–Crippen MR) is 73.9 cm³/mol. The molecule has 2 nitrogen and oxygen atoms in total. The van der Waals surface area contributed by atoms with E-state index in [9.17, 15) is 4.39 Å². The van der Waals surface area contributed by atoms with E-state index in [2.05, 4.69) is 22.9 Å². The van der Waals surface area contributed by atoms with E-state index in [0.29, 0.717) is 22.7 Å². The largest absolute Gasteiger partial charge is 0.381 e. The van der Waals surface area contributed by atoms with Crippen LogP contribution in [0.1, 0.15) is 18.9 Å². The van der Waals surface area contributed by atoms with Crippen molar-refractivity contribution in [2.24, 2.45) is 17.6 Å². The Balaban J connectivity index is 2.06. The van der Waals surface area contributed by atoms with Gasteiger partial charge in [-0.15, -0.1) is 0 Å². The Morgan fingerprint density at radius 3 is 3.06 bits per heavy atom. The Bertz CT molecular complexity index is 413. The van der Waals surface area contributed by atoms with Gasteiger partial charge in [0.2, 0.25) is 0 Å². The topological polar surface area (TPSA) is 35.2 Å². The van der Waals surface area contributed by atoms with Gasteiger partial charge in [-0.25, -0.2) is 4.39 Å². The summed E-state index contributed by atoms with van der Waals surface area (Å²) in [5, 5.41) is 0. The number of rotatable bonds is 3. The van der Waals surface area contributed by atoms with E-state index in [1.54, 1.807) is 6.07 Å². The Kier molecular flexibility index (Phi) is 4.76. The molecule has 3 unspecified atom stereocenters. The van der Waals surface area contributed by atoms with Crippen LogP contribution in [0.5, 0.6) is 0 Å². The fourth-order valence-electron chi connectivity index (χ4n) is 2.64. The van der Waals surface area contributed by atoms with Gasteiger partial charge >= 0.3 is 0 Å². The number of hydrogen-bond acceptors (Lipinski definition) is 2. The minimum atomic E-state index is -0.222. The molecule has 0 saturated carbocycles. The second-order valence-electron chi connectivity index (χ2n) is 5.09. The minimum Gasteiger partial charge on any atom is -0.381 e. The Morgan fingerprint density at radius 1 is 1.56 bits per heavy atom. The van der Waals surface area contributed by atoms with E-state index >= 15 is 0 Å². The number of hydrogen-bond donors (Lipinski definition) is 1. The lowest BCUT2D eigenvalue weighted by atomic mass is 9.81. The van der Waals surface area contributed by atoms with Crippen molar-refractivity contribution in [1.29, 1.82) is 0 Å². The van der Waals surface area contributed by atoms with Crippen molar-refractivity contribution >= 4 is 15.9 Å². The zero-order valence-corrected chi connectivity index (χ0v) is 12.1. The van der Waals surface area contributed by atoms with Gasteiger partial charge < -0.3 is 10.5 Å². The fraction of sp³-hybridized carbons (Fsp3) is 0.571. The molecule has 100 valence electrons. The number of nitrogens with two attached hydrogens (primary N) is 1. The van der Waals surface area contributed by atoms with Crippen molar-refractivity contribution in [1.82, 2.24) is 0 Å². The van der Waals surface area contributed by atoms with Gasteiger partial charge in [-0.1, -0.05) is 19.1 Å². The van der Waals surface area contributed by atoms with Crippen LogP contribution in [0.2, 0.25) is 0 Å². The van der Waals surface area contributed by atoms with Crippen molar-refractivity contribution in [2.75, 3.05) is 13.2 Å². The maximum atomic E-state index is 13.4. The van der Waals surface area contributed by atoms with Gasteiger partial charge in [-0.3, -0.25) is 0 Å². The Hall–Kier alpha value is -0.450. The highest BCUT2D eigenvalue weighted by Gasteiger charge is 2.27. The lowest BCUT2D eigenvalue weighted by molar-refractivity contribution is 0.0157. The zero-order valence-electron chi connectivity index (χ0n) is 10.5. The molecule has 1 saturated heterocycles. The molecule has 1 fully saturated rings. The number of halogens is 2. The molecule has 2 rings (SSSR count). The van der Waals surface area contributed by atoms with Gasteiger partial charge in [-0.2, -0.15) is 0 Å². The molecular weight excluding hydrogens is 297 g/mol. The van der Waals surface area contributed by atoms with Gasteiger partial charge in [0.15, 0.2) is 0 Å². The SMILES string of the molecule is CC1COCCC1C(N)Cc1cccc(F)c1Br. The maximum Gasteiger partial charge on any atom is 0.137 e. The van der Waals surface area contributed by atoms with Crippen LogP contribution in [0.25, 0.3) is 0 Å². The molecule has 0 bridgehead atoms. The summed E-state index contributed by atoms with van der Waals surface area (Å²) in [5.41, 5.74) is 7.24. The third kappa shape index (κ3) is 3.11. The van der Waals surface area contributed by atoms with Crippen molar-refractivity contribution < 1.29 is 9.13 Å². The predicted octanol–water partition coefficient (Wildman–Crippen LogP) is 3.13. The van der Waals surface area contributed by atoms with Gasteiger partial charge in [0.1, 0.15) is 5.82 Å². The number of ether oxygens (including phenoxy) is 1. The van der Waals surface area contributed by atoms with Crippen LogP contribution in [0.15, 0.2) is 22.7 Å². The molecule has 0 spiro atoms. The fourth-order valence-corrected chi connectivity index (χ4v) is 3.07. The zero-order chi connectivity index (χ0) is 13.1. The van der Waals surface area contributed by atoms with Crippen LogP contribution in [-0.2, 0) is 11.2 Å². The first-order chi connectivity index (χ1) is 8.59. The Labute approximate surface area is 116 Å². The van der Waals surface area contributed by atoms with Crippen molar-refractivity contribution in [3.8, 4) is 0 Å². The van der Waals surface area contributed by atoms with Gasteiger partial charge in [0.05, 0.1) is 4.47 Å². The summed E-state index contributed by atoms with van der Waals surface area (Å²) < 4.78 is 19.4. The van der Waals surface area contributed by atoms with E-state index < -0.39 is 0 Å². The van der Waals surface area contributed by atoms with Gasteiger partial charge in [0, 0.05) is 19.3 Å². The average molecular weight is 316 g/mol. The molecule has 18 heavy (non-hydrogen) atoms. The van der Waals surface area contributed by atoms with Crippen LogP contribution in [0.3, 0.4) is 0 Å². The van der Waals surface area contributed by atoms with Gasteiger partial charge in [-0.05, 0) is 52.2 Å². The molecule has 0 aromatic heterocycles. The third-order valence-corrected chi connectivity index (χ3v) is 4.63. The summed E-state index contributed by atoms with van der Waals surface area (Å²) in [6.07, 6.45) is 1.70. The van der Waals surface area contributed by atoms with Crippen LogP contribution in [-0.4, -0.2) is 19.3 Å². The second kappa shape index (κ2) is 6.13. The third-order valence-electron chi connectivity index (χ3n) is 3.74. The van der Waals surface area contributed by atoms with Crippen molar-refractivity contribution in [3.63, 3.8) is 0 Å². The standard InChI is InChI=1S/C14H19BrFNO/c1-9-8-18-6-5-11(9)13(17)7-10-3-2-4-12(16)14(10)15/h2-4,9,11,13H,5-8,17H2,1H3. The molecule has 1 heterocycles. The molecule has 0 radical (unpaired) electrons. The first-order valence-corrected chi connectivity index (χ1v) is 7.15. The average Bonchev–Trinajstić information content (AvgIpc) is 2.35. The lowest BCUT2D eigenvalue weighted by Crippen LogP contribution is -2.40. The van der Waals surface area contributed by atoms with Crippen molar-refractivity contribution in [2.45, 2.75) is 25.8 Å². The quantitative estimate of drug-likeness (QED) is 0.930.